The van der Waals surface area contributed by atoms with Gasteiger partial charge < -0.3 is 5.32 Å². The van der Waals surface area contributed by atoms with Crippen LogP contribution in [0.3, 0.4) is 0 Å². The van der Waals surface area contributed by atoms with E-state index >= 15 is 0 Å². The van der Waals surface area contributed by atoms with Gasteiger partial charge in [-0.1, -0.05) is 25.1 Å². The highest BCUT2D eigenvalue weighted by Crippen LogP contribution is 2.10. The number of hydrogen-bond acceptors (Lipinski definition) is 3. The van der Waals surface area contributed by atoms with Gasteiger partial charge in [0.1, 0.15) is 0 Å². The predicted molar refractivity (Wildman–Crippen MR) is 81.1 cm³/mol. The lowest BCUT2D eigenvalue weighted by molar-refractivity contribution is -0.116. The number of carbonyl (C=O) groups is 1. The number of nitrogens with one attached hydrogen (secondary N) is 1. The highest BCUT2D eigenvalue weighted by atomic mass is 32.2. The summed E-state index contributed by atoms with van der Waals surface area (Å²) in [6.07, 6.45) is 3.44. The molecule has 1 N–H and O–H groups in total. The Morgan fingerprint density at radius 3 is 2.40 bits per heavy atom. The van der Waals surface area contributed by atoms with Crippen molar-refractivity contribution in [3.63, 3.8) is 0 Å². The van der Waals surface area contributed by atoms with Crippen LogP contribution < -0.4 is 5.32 Å². The molecule has 0 aromatic heterocycles. The summed E-state index contributed by atoms with van der Waals surface area (Å²) < 4.78 is 24.0. The van der Waals surface area contributed by atoms with Gasteiger partial charge in [0.15, 0.2) is 0 Å². The Hall–Kier alpha value is -1.66. The van der Waals surface area contributed by atoms with Crippen molar-refractivity contribution in [1.82, 2.24) is 4.31 Å². The van der Waals surface area contributed by atoms with Crippen molar-refractivity contribution in [3.05, 3.63) is 42.5 Å². The first-order valence-electron chi connectivity index (χ1n) is 6.31. The lowest BCUT2D eigenvalue weighted by Crippen LogP contribution is -2.37. The van der Waals surface area contributed by atoms with Gasteiger partial charge in [-0.15, -0.1) is 6.58 Å². The zero-order valence-electron chi connectivity index (χ0n) is 11.8. The molecule has 0 fully saturated rings. The van der Waals surface area contributed by atoms with E-state index in [0.717, 1.165) is 17.0 Å². The van der Waals surface area contributed by atoms with E-state index in [1.807, 2.05) is 19.1 Å². The molecule has 1 rings (SSSR count). The van der Waals surface area contributed by atoms with Gasteiger partial charge in [0, 0.05) is 12.2 Å². The number of hydrogen-bond donors (Lipinski definition) is 1. The van der Waals surface area contributed by atoms with Crippen molar-refractivity contribution in [3.8, 4) is 0 Å². The molecule has 0 bridgehead atoms. The van der Waals surface area contributed by atoms with Crippen LogP contribution in [0.1, 0.15) is 12.5 Å². The summed E-state index contributed by atoms with van der Waals surface area (Å²) >= 11 is 0. The first-order chi connectivity index (χ1) is 9.36. The van der Waals surface area contributed by atoms with E-state index in [9.17, 15) is 13.2 Å². The highest BCUT2D eigenvalue weighted by molar-refractivity contribution is 7.88. The number of amides is 1. The number of benzene rings is 1. The molecule has 0 atom stereocenters. The lowest BCUT2D eigenvalue weighted by Gasteiger charge is -2.17. The van der Waals surface area contributed by atoms with Gasteiger partial charge in [0.2, 0.25) is 15.9 Å². The molecule has 1 amide bonds. The fourth-order valence-corrected chi connectivity index (χ4v) is 2.37. The smallest absolute Gasteiger partial charge is 0.239 e. The topological polar surface area (TPSA) is 66.5 Å². The Bertz CT molecular complexity index is 565. The molecule has 0 aliphatic heterocycles. The van der Waals surface area contributed by atoms with Crippen LogP contribution in [0.15, 0.2) is 36.9 Å². The number of aryl methyl sites for hydroxylation is 1. The summed E-state index contributed by atoms with van der Waals surface area (Å²) in [5.74, 6) is -0.374. The van der Waals surface area contributed by atoms with E-state index in [2.05, 4.69) is 11.9 Å². The number of nitrogens with zero attached hydrogens (tertiary/aromatic N) is 1. The van der Waals surface area contributed by atoms with Crippen molar-refractivity contribution in [1.29, 1.82) is 0 Å². The third-order valence-electron chi connectivity index (χ3n) is 2.77. The van der Waals surface area contributed by atoms with E-state index in [0.29, 0.717) is 5.69 Å². The summed E-state index contributed by atoms with van der Waals surface area (Å²) in [5.41, 5.74) is 1.83. The maximum atomic E-state index is 11.8. The van der Waals surface area contributed by atoms with Crippen molar-refractivity contribution < 1.29 is 13.2 Å². The highest BCUT2D eigenvalue weighted by Gasteiger charge is 2.18. The quantitative estimate of drug-likeness (QED) is 0.778. The minimum absolute atomic E-state index is 0.112. The second-order valence-electron chi connectivity index (χ2n) is 4.44. The Morgan fingerprint density at radius 1 is 1.35 bits per heavy atom. The van der Waals surface area contributed by atoms with E-state index < -0.39 is 10.0 Å². The van der Waals surface area contributed by atoms with Crippen molar-refractivity contribution >= 4 is 21.6 Å². The van der Waals surface area contributed by atoms with Crippen LogP contribution in [0.4, 0.5) is 5.69 Å². The molecule has 110 valence electrons. The maximum Gasteiger partial charge on any atom is 0.239 e. The number of rotatable bonds is 7. The van der Waals surface area contributed by atoms with Crippen LogP contribution in [0.5, 0.6) is 0 Å². The van der Waals surface area contributed by atoms with Gasteiger partial charge in [0.05, 0.1) is 12.8 Å². The predicted octanol–water partition coefficient (Wildman–Crippen LogP) is 1.64. The molecule has 0 aliphatic carbocycles. The van der Waals surface area contributed by atoms with Gasteiger partial charge >= 0.3 is 0 Å². The summed E-state index contributed by atoms with van der Waals surface area (Å²) in [7, 11) is -3.42. The number of carbonyl (C=O) groups excluding carboxylic acids is 1. The summed E-state index contributed by atoms with van der Waals surface area (Å²) in [6, 6.07) is 7.45. The average Bonchev–Trinajstić information content (AvgIpc) is 2.38. The zero-order chi connectivity index (χ0) is 15.2. The van der Waals surface area contributed by atoms with Gasteiger partial charge in [-0.2, -0.15) is 4.31 Å². The summed E-state index contributed by atoms with van der Waals surface area (Å²) in [5, 5.41) is 2.67. The number of anilines is 1. The molecule has 0 unspecified atom stereocenters. The molecule has 0 saturated heterocycles. The van der Waals surface area contributed by atoms with Gasteiger partial charge in [-0.3, -0.25) is 4.79 Å². The SMILES string of the molecule is C=CCN(CC(=O)Nc1ccc(CC)cc1)S(C)(=O)=O. The third kappa shape index (κ3) is 5.14. The molecule has 20 heavy (non-hydrogen) atoms. The third-order valence-corrected chi connectivity index (χ3v) is 3.98. The van der Waals surface area contributed by atoms with Crippen LogP contribution in [0, 0.1) is 0 Å². The fourth-order valence-electron chi connectivity index (χ4n) is 1.65. The molecule has 0 heterocycles. The van der Waals surface area contributed by atoms with Crippen molar-refractivity contribution in [2.75, 3.05) is 24.7 Å². The Balaban J connectivity index is 2.67. The normalized spacial score (nSPS) is 11.3. The zero-order valence-corrected chi connectivity index (χ0v) is 12.6. The second kappa shape index (κ2) is 7.21. The minimum atomic E-state index is -3.42. The largest absolute Gasteiger partial charge is 0.325 e. The maximum absolute atomic E-state index is 11.8. The molecule has 5 nitrogen and oxygen atoms in total. The first-order valence-corrected chi connectivity index (χ1v) is 8.16. The van der Waals surface area contributed by atoms with Crippen LogP contribution in [0.2, 0.25) is 0 Å². The summed E-state index contributed by atoms with van der Waals surface area (Å²) in [4.78, 5) is 11.8. The lowest BCUT2D eigenvalue weighted by atomic mass is 10.1. The van der Waals surface area contributed by atoms with Gasteiger partial charge in [0.25, 0.3) is 0 Å². The van der Waals surface area contributed by atoms with Crippen LogP contribution in [-0.4, -0.2) is 38.0 Å². The molecule has 0 radical (unpaired) electrons. The van der Waals surface area contributed by atoms with E-state index in [-0.39, 0.29) is 19.0 Å². The van der Waals surface area contributed by atoms with Crippen molar-refractivity contribution in [2.24, 2.45) is 0 Å². The molecular formula is C14H20N2O3S. The van der Waals surface area contributed by atoms with E-state index in [4.69, 9.17) is 0 Å². The molecule has 1 aromatic rings. The minimum Gasteiger partial charge on any atom is -0.325 e. The van der Waals surface area contributed by atoms with Crippen LogP contribution in [0.25, 0.3) is 0 Å². The second-order valence-corrected chi connectivity index (χ2v) is 6.43. The monoisotopic (exact) mass is 296 g/mol. The van der Waals surface area contributed by atoms with E-state index in [1.165, 1.54) is 11.6 Å². The number of sulfonamides is 1. The molecule has 0 saturated carbocycles. The fraction of sp³-hybridized carbons (Fsp3) is 0.357. The molecule has 6 heteroatoms. The first kappa shape index (κ1) is 16.4. The Kier molecular flexibility index (Phi) is 5.91. The molecule has 1 aromatic carbocycles. The molecular weight excluding hydrogens is 276 g/mol. The van der Waals surface area contributed by atoms with Gasteiger partial charge in [-0.05, 0) is 24.1 Å². The average molecular weight is 296 g/mol. The van der Waals surface area contributed by atoms with Gasteiger partial charge in [-0.25, -0.2) is 8.42 Å². The van der Waals surface area contributed by atoms with Crippen LogP contribution >= 0.6 is 0 Å². The van der Waals surface area contributed by atoms with Crippen LogP contribution in [-0.2, 0) is 21.2 Å². The Morgan fingerprint density at radius 2 is 1.95 bits per heavy atom. The van der Waals surface area contributed by atoms with E-state index in [1.54, 1.807) is 12.1 Å². The molecule has 0 aliphatic rings. The summed E-state index contributed by atoms with van der Waals surface area (Å²) in [6.45, 7) is 5.43. The Labute approximate surface area is 120 Å². The standard InChI is InChI=1S/C14H20N2O3S/c1-4-10-16(20(3,18)19)11-14(17)15-13-8-6-12(5-2)7-9-13/h4,6-9H,1,5,10-11H2,2-3H3,(H,15,17). The van der Waals surface area contributed by atoms with Crippen molar-refractivity contribution in [2.45, 2.75) is 13.3 Å². The molecule has 0 spiro atoms.